The minimum atomic E-state index is -3.67. The summed E-state index contributed by atoms with van der Waals surface area (Å²) in [5.74, 6) is -0.230. The number of sulfonamides is 1. The molecule has 6 nitrogen and oxygen atoms in total. The number of aryl methyl sites for hydroxylation is 1. The van der Waals surface area contributed by atoms with Gasteiger partial charge < -0.3 is 5.32 Å². The molecular formula is C24H25N3O3S2. The molecule has 1 amide bonds. The molecule has 0 radical (unpaired) electrons. The second kappa shape index (κ2) is 9.75. The maximum Gasteiger partial charge on any atom is 0.261 e. The van der Waals surface area contributed by atoms with E-state index < -0.39 is 10.0 Å². The molecule has 166 valence electrons. The number of rotatable bonds is 7. The normalized spacial score (nSPS) is 14.3. The van der Waals surface area contributed by atoms with E-state index in [9.17, 15) is 13.2 Å². The first kappa shape index (κ1) is 22.4. The van der Waals surface area contributed by atoms with Gasteiger partial charge in [-0.25, -0.2) is 13.4 Å². The smallest absolute Gasteiger partial charge is 0.261 e. The Morgan fingerprint density at radius 3 is 2.31 bits per heavy atom. The molecule has 1 saturated carbocycles. The summed E-state index contributed by atoms with van der Waals surface area (Å²) < 4.78 is 27.7. The Morgan fingerprint density at radius 2 is 1.62 bits per heavy atom. The number of aromatic nitrogens is 1. The van der Waals surface area contributed by atoms with Crippen LogP contribution in [0.25, 0.3) is 0 Å². The highest BCUT2D eigenvalue weighted by Gasteiger charge is 2.21. The van der Waals surface area contributed by atoms with E-state index >= 15 is 0 Å². The SMILES string of the molecule is Cc1ccc(S(=O)(=O)Nc2ccc(NC(=O)c3cccnc3SC3CCCC3)cc2)cc1. The van der Waals surface area contributed by atoms with Crippen LogP contribution in [0.4, 0.5) is 11.4 Å². The number of carbonyl (C=O) groups is 1. The monoisotopic (exact) mass is 467 g/mol. The highest BCUT2D eigenvalue weighted by molar-refractivity contribution is 8.00. The summed E-state index contributed by atoms with van der Waals surface area (Å²) >= 11 is 1.68. The van der Waals surface area contributed by atoms with Crippen molar-refractivity contribution in [3.63, 3.8) is 0 Å². The molecule has 1 aliphatic carbocycles. The molecule has 1 aliphatic rings. The lowest BCUT2D eigenvalue weighted by Crippen LogP contribution is -2.15. The standard InChI is InChI=1S/C24H25N3O3S2/c1-17-8-14-21(15-9-17)32(29,30)27-19-12-10-18(11-13-19)26-23(28)22-7-4-16-25-24(22)31-20-5-2-3-6-20/h4,7-16,20,27H,2-3,5-6H2,1H3,(H,26,28). The lowest BCUT2D eigenvalue weighted by Gasteiger charge is -2.13. The average Bonchev–Trinajstić information content (AvgIpc) is 3.29. The fourth-order valence-corrected chi connectivity index (χ4v) is 5.93. The summed E-state index contributed by atoms with van der Waals surface area (Å²) in [6.07, 6.45) is 6.48. The lowest BCUT2D eigenvalue weighted by molar-refractivity contribution is 0.102. The molecule has 32 heavy (non-hydrogen) atoms. The first-order chi connectivity index (χ1) is 15.4. The van der Waals surface area contributed by atoms with E-state index in [4.69, 9.17) is 0 Å². The molecule has 4 rings (SSSR count). The van der Waals surface area contributed by atoms with Crippen molar-refractivity contribution < 1.29 is 13.2 Å². The maximum atomic E-state index is 12.9. The lowest BCUT2D eigenvalue weighted by atomic mass is 10.2. The Balaban J connectivity index is 1.43. The summed E-state index contributed by atoms with van der Waals surface area (Å²) in [5.41, 5.74) is 2.53. The molecule has 0 saturated heterocycles. The van der Waals surface area contributed by atoms with Gasteiger partial charge in [0.05, 0.1) is 10.5 Å². The van der Waals surface area contributed by atoms with Crippen LogP contribution < -0.4 is 10.0 Å². The van der Waals surface area contributed by atoms with Crippen LogP contribution in [0.3, 0.4) is 0 Å². The van der Waals surface area contributed by atoms with Crippen LogP contribution in [0.2, 0.25) is 0 Å². The number of hydrogen-bond donors (Lipinski definition) is 2. The second-order valence-corrected chi connectivity index (χ2v) is 10.8. The minimum absolute atomic E-state index is 0.198. The zero-order valence-electron chi connectivity index (χ0n) is 17.7. The van der Waals surface area contributed by atoms with Gasteiger partial charge >= 0.3 is 0 Å². The molecule has 0 atom stereocenters. The van der Waals surface area contributed by atoms with Gasteiger partial charge in [-0.05, 0) is 68.3 Å². The number of carbonyl (C=O) groups excluding carboxylic acids is 1. The van der Waals surface area contributed by atoms with Gasteiger partial charge in [-0.3, -0.25) is 9.52 Å². The highest BCUT2D eigenvalue weighted by atomic mass is 32.2. The van der Waals surface area contributed by atoms with Crippen LogP contribution in [0, 0.1) is 6.92 Å². The zero-order valence-corrected chi connectivity index (χ0v) is 19.4. The van der Waals surface area contributed by atoms with Crippen LogP contribution in [0.1, 0.15) is 41.6 Å². The number of hydrogen-bond acceptors (Lipinski definition) is 5. The molecule has 0 bridgehead atoms. The van der Waals surface area contributed by atoms with E-state index in [-0.39, 0.29) is 10.8 Å². The van der Waals surface area contributed by atoms with E-state index in [0.29, 0.717) is 22.2 Å². The molecule has 8 heteroatoms. The molecule has 1 aromatic heterocycles. The quantitative estimate of drug-likeness (QED) is 0.480. The van der Waals surface area contributed by atoms with Crippen molar-refractivity contribution in [3.05, 3.63) is 78.0 Å². The van der Waals surface area contributed by atoms with Crippen molar-refractivity contribution in [1.82, 2.24) is 4.98 Å². The van der Waals surface area contributed by atoms with E-state index in [2.05, 4.69) is 15.0 Å². The highest BCUT2D eigenvalue weighted by Crippen LogP contribution is 2.35. The van der Waals surface area contributed by atoms with Crippen LogP contribution in [0.5, 0.6) is 0 Å². The Hall–Kier alpha value is -2.84. The first-order valence-electron chi connectivity index (χ1n) is 10.5. The predicted octanol–water partition coefficient (Wildman–Crippen LogP) is 5.48. The number of nitrogens with one attached hydrogen (secondary N) is 2. The fourth-order valence-electron chi connectivity index (χ4n) is 3.57. The van der Waals surface area contributed by atoms with Crippen LogP contribution in [-0.2, 0) is 10.0 Å². The van der Waals surface area contributed by atoms with Gasteiger partial charge in [-0.15, -0.1) is 11.8 Å². The number of amides is 1. The Labute approximate surface area is 192 Å². The molecule has 2 N–H and O–H groups in total. The van der Waals surface area contributed by atoms with Crippen molar-refractivity contribution in [2.24, 2.45) is 0 Å². The van der Waals surface area contributed by atoms with Gasteiger partial charge in [0.15, 0.2) is 0 Å². The third-order valence-electron chi connectivity index (χ3n) is 5.32. The third kappa shape index (κ3) is 5.49. The zero-order chi connectivity index (χ0) is 22.6. The van der Waals surface area contributed by atoms with Crippen LogP contribution in [-0.4, -0.2) is 24.6 Å². The average molecular weight is 468 g/mol. The van der Waals surface area contributed by atoms with E-state index in [1.807, 2.05) is 6.92 Å². The fraction of sp³-hybridized carbons (Fsp3) is 0.250. The van der Waals surface area contributed by atoms with Crippen LogP contribution >= 0.6 is 11.8 Å². The minimum Gasteiger partial charge on any atom is -0.322 e. The molecule has 1 heterocycles. The molecule has 0 unspecified atom stereocenters. The molecule has 2 aromatic carbocycles. The molecule has 3 aromatic rings. The summed E-state index contributed by atoms with van der Waals surface area (Å²) in [4.78, 5) is 17.5. The third-order valence-corrected chi connectivity index (χ3v) is 8.07. The van der Waals surface area contributed by atoms with Gasteiger partial charge in [0.25, 0.3) is 15.9 Å². The second-order valence-electron chi connectivity index (χ2n) is 7.83. The molecular weight excluding hydrogens is 442 g/mol. The number of anilines is 2. The van der Waals surface area contributed by atoms with Gasteiger partial charge in [-0.2, -0.15) is 0 Å². The summed E-state index contributed by atoms with van der Waals surface area (Å²) in [7, 11) is -3.67. The predicted molar refractivity (Wildman–Crippen MR) is 129 cm³/mol. The Morgan fingerprint density at radius 1 is 0.969 bits per heavy atom. The molecule has 1 fully saturated rings. The van der Waals surface area contributed by atoms with Crippen molar-refractivity contribution in [1.29, 1.82) is 0 Å². The van der Waals surface area contributed by atoms with Gasteiger partial charge in [0.1, 0.15) is 5.03 Å². The number of pyridine rings is 1. The van der Waals surface area contributed by atoms with E-state index in [1.54, 1.807) is 78.6 Å². The molecule has 0 spiro atoms. The Bertz CT molecular complexity index is 1190. The van der Waals surface area contributed by atoms with Gasteiger partial charge in [-0.1, -0.05) is 30.5 Å². The van der Waals surface area contributed by atoms with Crippen molar-refractivity contribution in [2.75, 3.05) is 10.0 Å². The van der Waals surface area contributed by atoms with Gasteiger partial charge in [0, 0.05) is 22.8 Å². The number of thioether (sulfide) groups is 1. The summed E-state index contributed by atoms with van der Waals surface area (Å²) in [5, 5.41) is 4.14. The largest absolute Gasteiger partial charge is 0.322 e. The first-order valence-corrected chi connectivity index (χ1v) is 12.9. The Kier molecular flexibility index (Phi) is 6.81. The van der Waals surface area contributed by atoms with Crippen molar-refractivity contribution in [3.8, 4) is 0 Å². The summed E-state index contributed by atoms with van der Waals surface area (Å²) in [6.45, 7) is 1.90. The van der Waals surface area contributed by atoms with E-state index in [0.717, 1.165) is 23.4 Å². The molecule has 0 aliphatic heterocycles. The van der Waals surface area contributed by atoms with Crippen molar-refractivity contribution in [2.45, 2.75) is 47.8 Å². The van der Waals surface area contributed by atoms with E-state index in [1.165, 1.54) is 12.8 Å². The van der Waals surface area contributed by atoms with Gasteiger partial charge in [0.2, 0.25) is 0 Å². The summed E-state index contributed by atoms with van der Waals surface area (Å²) in [6, 6.07) is 16.8. The number of benzene rings is 2. The van der Waals surface area contributed by atoms with Crippen LogP contribution in [0.15, 0.2) is 76.8 Å². The number of nitrogens with zero attached hydrogens (tertiary/aromatic N) is 1. The maximum absolute atomic E-state index is 12.9. The van der Waals surface area contributed by atoms with Crippen molar-refractivity contribution >= 4 is 39.1 Å². The topological polar surface area (TPSA) is 88.2 Å².